The maximum atomic E-state index is 10.1. The lowest BCUT2D eigenvalue weighted by atomic mass is 10.2. The molecule has 4 nitrogen and oxygen atoms in total. The molecule has 0 aliphatic carbocycles. The lowest BCUT2D eigenvalue weighted by molar-refractivity contribution is 0.477. The van der Waals surface area contributed by atoms with Crippen LogP contribution in [-0.4, -0.2) is 15.1 Å². The van der Waals surface area contributed by atoms with Gasteiger partial charge in [0.1, 0.15) is 16.7 Å². The highest BCUT2D eigenvalue weighted by Gasteiger charge is 2.15. The predicted molar refractivity (Wildman–Crippen MR) is 82.0 cm³/mol. The third-order valence-corrected chi connectivity index (χ3v) is 4.39. The van der Waals surface area contributed by atoms with Gasteiger partial charge in [-0.2, -0.15) is 0 Å². The molecule has 2 heterocycles. The molecule has 2 aromatic heterocycles. The summed E-state index contributed by atoms with van der Waals surface area (Å²) in [5.74, 6) is 0.625. The van der Waals surface area contributed by atoms with Gasteiger partial charge >= 0.3 is 0 Å². The molecule has 0 radical (unpaired) electrons. The zero-order valence-corrected chi connectivity index (χ0v) is 14.0. The third-order valence-electron chi connectivity index (χ3n) is 2.55. The smallest absolute Gasteiger partial charge is 0.167 e. The quantitative estimate of drug-likeness (QED) is 0.576. The minimum absolute atomic E-state index is 0.0511. The molecule has 0 saturated carbocycles. The molecular weight excluding hydrogens is 444 g/mol. The Balaban J connectivity index is 2.32. The summed E-state index contributed by atoms with van der Waals surface area (Å²) in [6.45, 7) is 0. The van der Waals surface area contributed by atoms with E-state index in [0.29, 0.717) is 27.0 Å². The van der Waals surface area contributed by atoms with Crippen molar-refractivity contribution in [3.05, 3.63) is 38.0 Å². The molecule has 0 atom stereocenters. The Morgan fingerprint density at radius 2 is 1.84 bits per heavy atom. The van der Waals surface area contributed by atoms with Crippen LogP contribution in [0, 0.1) is 0 Å². The van der Waals surface area contributed by atoms with E-state index in [4.69, 9.17) is 4.42 Å². The number of halogens is 3. The van der Waals surface area contributed by atoms with Crippen molar-refractivity contribution in [2.45, 2.75) is 0 Å². The van der Waals surface area contributed by atoms with Crippen molar-refractivity contribution in [1.82, 2.24) is 9.97 Å². The first kappa shape index (κ1) is 13.1. The van der Waals surface area contributed by atoms with Gasteiger partial charge in [-0.1, -0.05) is 0 Å². The average molecular weight is 449 g/mol. The molecule has 0 unspecified atom stereocenters. The van der Waals surface area contributed by atoms with Crippen LogP contribution in [-0.2, 0) is 0 Å². The highest BCUT2D eigenvalue weighted by molar-refractivity contribution is 9.11. The Morgan fingerprint density at radius 3 is 2.53 bits per heavy atom. The number of phenolic OH excluding ortho intramolecular Hbond substituents is 1. The van der Waals surface area contributed by atoms with Crippen molar-refractivity contribution >= 4 is 58.8 Å². The standard InChI is InChI=1S/C12H5Br3N2O2/c13-5-1-2-19-12(5)8-4-16-9-6(14)3-7(15)11(18)10(9)17-8/h1-4,18H. The molecule has 19 heavy (non-hydrogen) atoms. The summed E-state index contributed by atoms with van der Waals surface area (Å²) in [4.78, 5) is 8.71. The van der Waals surface area contributed by atoms with Crippen LogP contribution in [0.4, 0.5) is 0 Å². The van der Waals surface area contributed by atoms with Gasteiger partial charge in [-0.25, -0.2) is 4.98 Å². The topological polar surface area (TPSA) is 59.2 Å². The second kappa shape index (κ2) is 4.88. The highest BCUT2D eigenvalue weighted by atomic mass is 79.9. The summed E-state index contributed by atoms with van der Waals surface area (Å²) < 4.78 is 7.44. The van der Waals surface area contributed by atoms with Crippen LogP contribution in [0.3, 0.4) is 0 Å². The maximum Gasteiger partial charge on any atom is 0.167 e. The van der Waals surface area contributed by atoms with Crippen molar-refractivity contribution < 1.29 is 9.52 Å². The first-order chi connectivity index (χ1) is 9.08. The van der Waals surface area contributed by atoms with Crippen LogP contribution in [0.2, 0.25) is 0 Å². The van der Waals surface area contributed by atoms with Gasteiger partial charge in [0.15, 0.2) is 11.5 Å². The largest absolute Gasteiger partial charge is 0.504 e. The van der Waals surface area contributed by atoms with E-state index in [1.54, 1.807) is 24.6 Å². The van der Waals surface area contributed by atoms with Crippen LogP contribution in [0.25, 0.3) is 22.5 Å². The predicted octanol–water partition coefficient (Wildman–Crippen LogP) is 4.88. The molecule has 0 spiro atoms. The van der Waals surface area contributed by atoms with Crippen molar-refractivity contribution in [3.63, 3.8) is 0 Å². The van der Waals surface area contributed by atoms with E-state index in [1.165, 1.54) is 0 Å². The Bertz CT molecular complexity index is 786. The SMILES string of the molecule is Oc1c(Br)cc(Br)c2ncc(-c3occc3Br)nc12. The number of benzene rings is 1. The van der Waals surface area contributed by atoms with E-state index in [2.05, 4.69) is 57.8 Å². The van der Waals surface area contributed by atoms with Crippen molar-refractivity contribution in [2.24, 2.45) is 0 Å². The fourth-order valence-corrected chi connectivity index (χ4v) is 3.32. The highest BCUT2D eigenvalue weighted by Crippen LogP contribution is 2.37. The minimum atomic E-state index is 0.0511. The van der Waals surface area contributed by atoms with Crippen LogP contribution in [0.15, 0.2) is 42.4 Å². The zero-order valence-electron chi connectivity index (χ0n) is 9.19. The summed E-state index contributed by atoms with van der Waals surface area (Å²) in [7, 11) is 0. The molecule has 0 bridgehead atoms. The first-order valence-corrected chi connectivity index (χ1v) is 7.53. The summed E-state index contributed by atoms with van der Waals surface area (Å²) in [5.41, 5.74) is 1.54. The number of nitrogens with zero attached hydrogens (tertiary/aromatic N) is 2. The van der Waals surface area contributed by atoms with E-state index in [-0.39, 0.29) is 5.75 Å². The lowest BCUT2D eigenvalue weighted by Crippen LogP contribution is -1.90. The molecule has 0 saturated heterocycles. The molecule has 0 aliphatic rings. The second-order valence-electron chi connectivity index (χ2n) is 3.74. The summed E-state index contributed by atoms with van der Waals surface area (Å²) in [6.07, 6.45) is 3.16. The zero-order chi connectivity index (χ0) is 13.6. The van der Waals surface area contributed by atoms with Crippen molar-refractivity contribution in [1.29, 1.82) is 0 Å². The van der Waals surface area contributed by atoms with Gasteiger partial charge in [0, 0.05) is 4.47 Å². The maximum absolute atomic E-state index is 10.1. The number of hydrogen-bond acceptors (Lipinski definition) is 4. The van der Waals surface area contributed by atoms with Gasteiger partial charge in [-0.05, 0) is 59.9 Å². The number of rotatable bonds is 1. The van der Waals surface area contributed by atoms with Crippen LogP contribution < -0.4 is 0 Å². The van der Waals surface area contributed by atoms with Crippen LogP contribution in [0.1, 0.15) is 0 Å². The van der Waals surface area contributed by atoms with Crippen LogP contribution >= 0.6 is 47.8 Å². The number of furan rings is 1. The lowest BCUT2D eigenvalue weighted by Gasteiger charge is -2.06. The van der Waals surface area contributed by atoms with Gasteiger partial charge in [-0.15, -0.1) is 0 Å². The van der Waals surface area contributed by atoms with E-state index in [1.807, 2.05) is 0 Å². The van der Waals surface area contributed by atoms with Gasteiger partial charge in [-0.3, -0.25) is 4.98 Å². The molecule has 3 aromatic rings. The van der Waals surface area contributed by atoms with Gasteiger partial charge in [0.2, 0.25) is 0 Å². The number of fused-ring (bicyclic) bond motifs is 1. The Kier molecular flexibility index (Phi) is 3.36. The number of hydrogen-bond donors (Lipinski definition) is 1. The Hall–Kier alpha value is -0.920. The molecule has 7 heteroatoms. The Labute approximate surface area is 133 Å². The van der Waals surface area contributed by atoms with E-state index in [9.17, 15) is 5.11 Å². The van der Waals surface area contributed by atoms with E-state index in [0.717, 1.165) is 8.95 Å². The average Bonchev–Trinajstić information content (AvgIpc) is 2.82. The Morgan fingerprint density at radius 1 is 1.05 bits per heavy atom. The summed E-state index contributed by atoms with van der Waals surface area (Å²) in [5, 5.41) is 10.1. The summed E-state index contributed by atoms with van der Waals surface area (Å²) >= 11 is 10.0. The fourth-order valence-electron chi connectivity index (χ4n) is 1.68. The van der Waals surface area contributed by atoms with E-state index >= 15 is 0 Å². The third kappa shape index (κ3) is 2.19. The molecule has 0 amide bonds. The van der Waals surface area contributed by atoms with Gasteiger partial charge in [0.05, 0.1) is 21.4 Å². The molecule has 3 rings (SSSR count). The fraction of sp³-hybridized carbons (Fsp3) is 0. The minimum Gasteiger partial charge on any atom is -0.504 e. The normalized spacial score (nSPS) is 11.1. The van der Waals surface area contributed by atoms with Crippen LogP contribution in [0.5, 0.6) is 5.75 Å². The molecule has 0 fully saturated rings. The van der Waals surface area contributed by atoms with Crippen molar-refractivity contribution in [3.8, 4) is 17.2 Å². The summed E-state index contributed by atoms with van der Waals surface area (Å²) in [6, 6.07) is 3.51. The van der Waals surface area contributed by atoms with E-state index < -0.39 is 0 Å². The number of phenols is 1. The molecule has 0 aliphatic heterocycles. The van der Waals surface area contributed by atoms with Crippen molar-refractivity contribution in [2.75, 3.05) is 0 Å². The molecule has 1 aromatic carbocycles. The molecule has 1 N–H and O–H groups in total. The molecular formula is C12H5Br3N2O2. The number of aromatic nitrogens is 2. The second-order valence-corrected chi connectivity index (χ2v) is 6.30. The first-order valence-electron chi connectivity index (χ1n) is 5.15. The van der Waals surface area contributed by atoms with Gasteiger partial charge in [0.25, 0.3) is 0 Å². The van der Waals surface area contributed by atoms with Gasteiger partial charge < -0.3 is 9.52 Å². The number of aromatic hydroxyl groups is 1. The molecule has 96 valence electrons. The monoisotopic (exact) mass is 446 g/mol.